The number of rotatable bonds is 6. The van der Waals surface area contributed by atoms with E-state index in [4.69, 9.17) is 4.74 Å². The summed E-state index contributed by atoms with van der Waals surface area (Å²) in [4.78, 5) is 17.1. The Morgan fingerprint density at radius 2 is 2.00 bits per heavy atom. The standard InChI is InChI=1S/C21H20N6O3/c1-2-16(22-17-9-7-14(8-10-17)20-23-25-26-24-20)11-12-30-21(29)27-18-6-4-3-5-15(18)13-19(27)28/h3-10,13,28H,2,11-12H2,1H3,(H,23,24,25,26). The predicted molar refractivity (Wildman–Crippen MR) is 112 cm³/mol. The molecule has 0 saturated carbocycles. The van der Waals surface area contributed by atoms with Crippen molar-refractivity contribution in [3.05, 3.63) is 54.6 Å². The van der Waals surface area contributed by atoms with Crippen molar-refractivity contribution in [3.8, 4) is 17.3 Å². The molecule has 0 atom stereocenters. The van der Waals surface area contributed by atoms with E-state index < -0.39 is 6.09 Å². The number of nitrogens with zero attached hydrogens (tertiary/aromatic N) is 5. The van der Waals surface area contributed by atoms with Crippen LogP contribution in [0.25, 0.3) is 22.3 Å². The molecule has 2 N–H and O–H groups in total. The highest BCUT2D eigenvalue weighted by Gasteiger charge is 2.15. The molecule has 0 saturated heterocycles. The monoisotopic (exact) mass is 404 g/mol. The van der Waals surface area contributed by atoms with Gasteiger partial charge in [0.2, 0.25) is 11.7 Å². The summed E-state index contributed by atoms with van der Waals surface area (Å²) in [7, 11) is 0. The molecular weight excluding hydrogens is 384 g/mol. The SMILES string of the molecule is CCC(CCOC(=O)n1c(O)cc2ccccc21)=Nc1ccc(-c2nn[nH]n2)cc1. The number of aromatic amines is 1. The molecule has 0 radical (unpaired) electrons. The van der Waals surface area contributed by atoms with Crippen molar-refractivity contribution in [1.82, 2.24) is 25.2 Å². The molecule has 9 nitrogen and oxygen atoms in total. The van der Waals surface area contributed by atoms with Crippen LogP contribution in [-0.2, 0) is 4.74 Å². The van der Waals surface area contributed by atoms with Crippen molar-refractivity contribution in [1.29, 1.82) is 0 Å². The molecule has 0 spiro atoms. The molecule has 4 aromatic rings. The average Bonchev–Trinajstić information content (AvgIpc) is 3.40. The predicted octanol–water partition coefficient (Wildman–Crippen LogP) is 4.08. The second kappa shape index (κ2) is 8.56. The Balaban J connectivity index is 1.39. The van der Waals surface area contributed by atoms with Crippen molar-refractivity contribution in [2.45, 2.75) is 19.8 Å². The lowest BCUT2D eigenvalue weighted by Crippen LogP contribution is -2.15. The smallest absolute Gasteiger partial charge is 0.421 e. The van der Waals surface area contributed by atoms with Crippen LogP contribution < -0.4 is 0 Å². The van der Waals surface area contributed by atoms with Gasteiger partial charge in [0.15, 0.2) is 0 Å². The number of para-hydroxylation sites is 1. The number of tetrazole rings is 1. The van der Waals surface area contributed by atoms with Crippen LogP contribution in [0.4, 0.5) is 10.5 Å². The summed E-state index contributed by atoms with van der Waals surface area (Å²) < 4.78 is 6.53. The van der Waals surface area contributed by atoms with Crippen molar-refractivity contribution in [3.63, 3.8) is 0 Å². The number of H-pyrrole nitrogens is 1. The van der Waals surface area contributed by atoms with Gasteiger partial charge < -0.3 is 9.84 Å². The molecule has 0 unspecified atom stereocenters. The lowest BCUT2D eigenvalue weighted by molar-refractivity contribution is 0.149. The minimum absolute atomic E-state index is 0.146. The number of fused-ring (bicyclic) bond motifs is 1. The molecule has 30 heavy (non-hydrogen) atoms. The quantitative estimate of drug-likeness (QED) is 0.467. The third-order valence-electron chi connectivity index (χ3n) is 4.66. The maximum atomic E-state index is 12.4. The minimum atomic E-state index is -0.617. The fourth-order valence-electron chi connectivity index (χ4n) is 3.12. The number of ether oxygens (including phenoxy) is 1. The number of hydrogen-bond donors (Lipinski definition) is 2. The van der Waals surface area contributed by atoms with Gasteiger partial charge in [0.25, 0.3) is 0 Å². The van der Waals surface area contributed by atoms with Gasteiger partial charge in [0.1, 0.15) is 0 Å². The van der Waals surface area contributed by atoms with Crippen LogP contribution in [0, 0.1) is 0 Å². The first kappa shape index (κ1) is 19.3. The zero-order valence-corrected chi connectivity index (χ0v) is 16.3. The summed E-state index contributed by atoms with van der Waals surface area (Å²) in [5, 5.41) is 24.7. The van der Waals surface area contributed by atoms with E-state index in [0.29, 0.717) is 17.8 Å². The summed E-state index contributed by atoms with van der Waals surface area (Å²) in [5.74, 6) is 0.376. The summed E-state index contributed by atoms with van der Waals surface area (Å²) in [5.41, 5.74) is 3.13. The Morgan fingerprint density at radius 1 is 1.20 bits per heavy atom. The van der Waals surface area contributed by atoms with Crippen molar-refractivity contribution in [2.75, 3.05) is 6.61 Å². The zero-order valence-electron chi connectivity index (χ0n) is 16.3. The lowest BCUT2D eigenvalue weighted by Gasteiger charge is -2.09. The second-order valence-corrected chi connectivity index (χ2v) is 6.58. The summed E-state index contributed by atoms with van der Waals surface area (Å²) in [6.07, 6.45) is 0.602. The Hall–Kier alpha value is -4.01. The van der Waals surface area contributed by atoms with E-state index in [0.717, 1.165) is 33.3 Å². The molecular formula is C21H20N6O3. The Labute approximate surface area is 172 Å². The fourth-order valence-corrected chi connectivity index (χ4v) is 3.12. The number of aromatic hydroxyl groups is 1. The van der Waals surface area contributed by atoms with E-state index in [-0.39, 0.29) is 12.5 Å². The summed E-state index contributed by atoms with van der Waals surface area (Å²) in [6.45, 7) is 2.16. The first-order chi connectivity index (χ1) is 14.7. The van der Waals surface area contributed by atoms with Gasteiger partial charge in [0.05, 0.1) is 17.8 Å². The van der Waals surface area contributed by atoms with Crippen LogP contribution in [0.15, 0.2) is 59.6 Å². The first-order valence-electron chi connectivity index (χ1n) is 9.52. The van der Waals surface area contributed by atoms with Crippen molar-refractivity contribution < 1.29 is 14.6 Å². The van der Waals surface area contributed by atoms with Crippen molar-refractivity contribution >= 4 is 28.4 Å². The van der Waals surface area contributed by atoms with E-state index >= 15 is 0 Å². The van der Waals surface area contributed by atoms with E-state index in [2.05, 4.69) is 25.6 Å². The summed E-state index contributed by atoms with van der Waals surface area (Å²) >= 11 is 0. The van der Waals surface area contributed by atoms with Crippen LogP contribution in [0.1, 0.15) is 19.8 Å². The molecule has 4 rings (SSSR count). The number of hydrogen-bond acceptors (Lipinski definition) is 7. The van der Waals surface area contributed by atoms with Gasteiger partial charge >= 0.3 is 6.09 Å². The Kier molecular flexibility index (Phi) is 5.51. The molecule has 0 aliphatic rings. The van der Waals surface area contributed by atoms with Crippen LogP contribution >= 0.6 is 0 Å². The number of aliphatic imine (C=N–C) groups is 1. The molecule has 0 aliphatic carbocycles. The fraction of sp³-hybridized carbons (Fsp3) is 0.190. The highest BCUT2D eigenvalue weighted by atomic mass is 16.6. The van der Waals surface area contributed by atoms with Crippen LogP contribution in [-0.4, -0.2) is 48.7 Å². The molecule has 2 aromatic carbocycles. The molecule has 152 valence electrons. The molecule has 2 heterocycles. The maximum absolute atomic E-state index is 12.4. The lowest BCUT2D eigenvalue weighted by atomic mass is 10.2. The minimum Gasteiger partial charge on any atom is -0.494 e. The van der Waals surface area contributed by atoms with Gasteiger partial charge in [-0.2, -0.15) is 5.21 Å². The second-order valence-electron chi connectivity index (χ2n) is 6.58. The Morgan fingerprint density at radius 3 is 2.73 bits per heavy atom. The van der Waals surface area contributed by atoms with E-state index in [1.807, 2.05) is 43.3 Å². The molecule has 0 fully saturated rings. The molecule has 9 heteroatoms. The van der Waals surface area contributed by atoms with E-state index in [1.54, 1.807) is 12.1 Å². The van der Waals surface area contributed by atoms with Crippen molar-refractivity contribution in [2.24, 2.45) is 4.99 Å². The average molecular weight is 404 g/mol. The van der Waals surface area contributed by atoms with Crippen LogP contribution in [0.2, 0.25) is 0 Å². The van der Waals surface area contributed by atoms with Gasteiger partial charge in [-0.1, -0.05) is 25.1 Å². The number of carbonyl (C=O) groups excluding carboxylic acids is 1. The number of nitrogens with one attached hydrogen (secondary N) is 1. The number of carbonyl (C=O) groups is 1. The van der Waals surface area contributed by atoms with E-state index in [1.165, 1.54) is 6.07 Å². The van der Waals surface area contributed by atoms with Gasteiger partial charge in [-0.15, -0.1) is 10.2 Å². The van der Waals surface area contributed by atoms with Crippen LogP contribution in [0.5, 0.6) is 5.88 Å². The highest BCUT2D eigenvalue weighted by Crippen LogP contribution is 2.24. The molecule has 2 aromatic heterocycles. The number of benzene rings is 2. The third kappa shape index (κ3) is 4.04. The molecule has 0 bridgehead atoms. The van der Waals surface area contributed by atoms with Gasteiger partial charge in [-0.25, -0.2) is 9.36 Å². The third-order valence-corrected chi connectivity index (χ3v) is 4.66. The first-order valence-corrected chi connectivity index (χ1v) is 9.52. The van der Waals surface area contributed by atoms with Gasteiger partial charge in [0, 0.05) is 29.1 Å². The van der Waals surface area contributed by atoms with Gasteiger partial charge in [-0.05, 0) is 42.0 Å². The normalized spacial score (nSPS) is 11.7. The molecule has 0 amide bonds. The van der Waals surface area contributed by atoms with Gasteiger partial charge in [-0.3, -0.25) is 4.99 Å². The Bertz CT molecular complexity index is 1180. The topological polar surface area (TPSA) is 118 Å². The molecule has 0 aliphatic heterocycles. The maximum Gasteiger partial charge on any atom is 0.421 e. The highest BCUT2D eigenvalue weighted by molar-refractivity contribution is 5.92. The van der Waals surface area contributed by atoms with E-state index in [9.17, 15) is 9.90 Å². The summed E-state index contributed by atoms with van der Waals surface area (Å²) in [6, 6.07) is 16.3. The number of aromatic nitrogens is 5. The van der Waals surface area contributed by atoms with Crippen LogP contribution in [0.3, 0.4) is 0 Å². The largest absolute Gasteiger partial charge is 0.494 e. The zero-order chi connectivity index (χ0) is 20.9.